The number of halogens is 1. The predicted molar refractivity (Wildman–Crippen MR) is 72.2 cm³/mol. The van der Waals surface area contributed by atoms with Crippen molar-refractivity contribution >= 4 is 27.3 Å². The van der Waals surface area contributed by atoms with Gasteiger partial charge in [0.05, 0.1) is 22.2 Å². The van der Waals surface area contributed by atoms with Crippen molar-refractivity contribution in [1.29, 1.82) is 0 Å². The number of nitrogen functional groups attached to an aromatic ring is 1. The Morgan fingerprint density at radius 2 is 2.11 bits per heavy atom. The van der Waals surface area contributed by atoms with E-state index < -0.39 is 10.0 Å². The number of sulfonamides is 1. The van der Waals surface area contributed by atoms with Crippen molar-refractivity contribution in [1.82, 2.24) is 4.31 Å². The molecule has 0 aromatic heterocycles. The Bertz CT molecular complexity index is 505. The van der Waals surface area contributed by atoms with Crippen LogP contribution in [0.5, 0.6) is 0 Å². The number of hydrogen-bond acceptors (Lipinski definition) is 4. The highest BCUT2D eigenvalue weighted by Crippen LogP contribution is 2.24. The fourth-order valence-electron chi connectivity index (χ4n) is 1.47. The average molecular weight is 293 g/mol. The molecule has 0 aliphatic rings. The minimum absolute atomic E-state index is 0.141. The fraction of sp³-hybridized carbons (Fsp3) is 0.455. The van der Waals surface area contributed by atoms with Gasteiger partial charge in [-0.1, -0.05) is 18.5 Å². The largest absolute Gasteiger partial charge is 0.397 e. The molecule has 102 valence electrons. The topological polar surface area (TPSA) is 72.6 Å². The van der Waals surface area contributed by atoms with E-state index in [9.17, 15) is 8.42 Å². The molecular weight excluding hydrogens is 276 g/mol. The molecule has 0 unspecified atom stereocenters. The molecule has 0 aliphatic carbocycles. The maximum Gasteiger partial charge on any atom is 0.243 e. The van der Waals surface area contributed by atoms with Crippen LogP contribution in [0.3, 0.4) is 0 Å². The zero-order chi connectivity index (χ0) is 13.8. The van der Waals surface area contributed by atoms with Crippen LogP contribution in [-0.2, 0) is 14.8 Å². The van der Waals surface area contributed by atoms with E-state index in [0.717, 1.165) is 0 Å². The van der Waals surface area contributed by atoms with Gasteiger partial charge in [-0.2, -0.15) is 4.31 Å². The summed E-state index contributed by atoms with van der Waals surface area (Å²) in [5.74, 6) is 0. The first-order valence-corrected chi connectivity index (χ1v) is 7.29. The van der Waals surface area contributed by atoms with Gasteiger partial charge in [0.1, 0.15) is 0 Å². The monoisotopic (exact) mass is 292 g/mol. The smallest absolute Gasteiger partial charge is 0.243 e. The van der Waals surface area contributed by atoms with Crippen molar-refractivity contribution in [2.75, 3.05) is 32.5 Å². The van der Waals surface area contributed by atoms with E-state index in [4.69, 9.17) is 22.1 Å². The molecule has 0 fully saturated rings. The number of hydrogen-bond donors (Lipinski definition) is 1. The van der Waals surface area contributed by atoms with Crippen LogP contribution in [0.4, 0.5) is 5.69 Å². The number of ether oxygens (including phenoxy) is 1. The van der Waals surface area contributed by atoms with Crippen LogP contribution in [0, 0.1) is 0 Å². The number of anilines is 1. The lowest BCUT2D eigenvalue weighted by atomic mass is 10.3. The van der Waals surface area contributed by atoms with E-state index in [0.29, 0.717) is 24.7 Å². The molecular formula is C11H17ClN2O3S. The number of nitrogens with two attached hydrogens (primary N) is 1. The van der Waals surface area contributed by atoms with Crippen LogP contribution in [0.15, 0.2) is 23.1 Å². The van der Waals surface area contributed by atoms with E-state index in [1.165, 1.54) is 29.6 Å². The molecule has 1 rings (SSSR count). The number of nitrogens with zero attached hydrogens (tertiary/aromatic N) is 1. The molecule has 5 nitrogen and oxygen atoms in total. The van der Waals surface area contributed by atoms with Crippen LogP contribution in [0.25, 0.3) is 0 Å². The summed E-state index contributed by atoms with van der Waals surface area (Å²) in [5.41, 5.74) is 5.87. The number of likely N-dealkylation sites (N-methyl/N-ethyl adjacent to an activating group) is 1. The summed E-state index contributed by atoms with van der Waals surface area (Å²) in [6, 6.07) is 4.30. The van der Waals surface area contributed by atoms with Crippen molar-refractivity contribution in [2.24, 2.45) is 0 Å². The summed E-state index contributed by atoms with van der Waals surface area (Å²) < 4.78 is 30.8. The van der Waals surface area contributed by atoms with Crippen LogP contribution < -0.4 is 5.73 Å². The molecule has 0 heterocycles. The molecule has 0 radical (unpaired) electrons. The van der Waals surface area contributed by atoms with E-state index in [1.54, 1.807) is 6.92 Å². The van der Waals surface area contributed by atoms with Crippen LogP contribution in [-0.4, -0.2) is 39.5 Å². The summed E-state index contributed by atoms with van der Waals surface area (Å²) in [7, 11) is -2.02. The van der Waals surface area contributed by atoms with Crippen molar-refractivity contribution < 1.29 is 13.2 Å². The third-order valence-electron chi connectivity index (χ3n) is 2.50. The maximum absolute atomic E-state index is 12.3. The molecule has 2 N–H and O–H groups in total. The summed E-state index contributed by atoms with van der Waals surface area (Å²) in [5, 5.41) is 0.342. The first kappa shape index (κ1) is 15.2. The molecule has 0 bridgehead atoms. The Hall–Kier alpha value is -0.820. The van der Waals surface area contributed by atoms with Crippen molar-refractivity contribution in [3.63, 3.8) is 0 Å². The molecule has 1 aromatic rings. The molecule has 0 aliphatic heterocycles. The van der Waals surface area contributed by atoms with Gasteiger partial charge < -0.3 is 10.5 Å². The van der Waals surface area contributed by atoms with Gasteiger partial charge >= 0.3 is 0 Å². The normalized spacial score (nSPS) is 12.0. The Labute approximate surface area is 113 Å². The molecule has 0 atom stereocenters. The van der Waals surface area contributed by atoms with Gasteiger partial charge in [0.25, 0.3) is 0 Å². The average Bonchev–Trinajstić information content (AvgIpc) is 2.33. The standard InChI is InChI=1S/C11H17ClN2O3S/c1-3-14(6-7-17-2)18(15,16)9-4-5-10(12)11(13)8-9/h4-5,8H,3,6-7,13H2,1-2H3. The van der Waals surface area contributed by atoms with Gasteiger partial charge in [-0.3, -0.25) is 0 Å². The van der Waals surface area contributed by atoms with Gasteiger partial charge in [0, 0.05) is 20.2 Å². The molecule has 0 saturated heterocycles. The first-order chi connectivity index (χ1) is 8.43. The minimum atomic E-state index is -3.55. The highest BCUT2D eigenvalue weighted by Gasteiger charge is 2.23. The lowest BCUT2D eigenvalue weighted by Gasteiger charge is -2.20. The quantitative estimate of drug-likeness (QED) is 0.808. The third kappa shape index (κ3) is 3.35. The van der Waals surface area contributed by atoms with E-state index >= 15 is 0 Å². The second kappa shape index (κ2) is 6.38. The first-order valence-electron chi connectivity index (χ1n) is 5.47. The Morgan fingerprint density at radius 3 is 2.61 bits per heavy atom. The SMILES string of the molecule is CCN(CCOC)S(=O)(=O)c1ccc(Cl)c(N)c1. The fourth-order valence-corrected chi connectivity index (χ4v) is 3.06. The molecule has 18 heavy (non-hydrogen) atoms. The zero-order valence-corrected chi connectivity index (χ0v) is 12.0. The highest BCUT2D eigenvalue weighted by atomic mass is 35.5. The third-order valence-corrected chi connectivity index (χ3v) is 4.82. The summed E-state index contributed by atoms with van der Waals surface area (Å²) in [6.07, 6.45) is 0. The zero-order valence-electron chi connectivity index (χ0n) is 10.4. The lowest BCUT2D eigenvalue weighted by Crippen LogP contribution is -2.33. The van der Waals surface area contributed by atoms with Crippen molar-refractivity contribution in [3.8, 4) is 0 Å². The lowest BCUT2D eigenvalue weighted by molar-refractivity contribution is 0.180. The summed E-state index contributed by atoms with van der Waals surface area (Å²) in [4.78, 5) is 0.141. The summed E-state index contributed by atoms with van der Waals surface area (Å²) in [6.45, 7) is 2.79. The second-order valence-corrected chi connectivity index (χ2v) is 6.02. The van der Waals surface area contributed by atoms with Crippen molar-refractivity contribution in [2.45, 2.75) is 11.8 Å². The molecule has 7 heteroatoms. The summed E-state index contributed by atoms with van der Waals surface area (Å²) >= 11 is 5.77. The molecule has 0 amide bonds. The maximum atomic E-state index is 12.3. The number of rotatable bonds is 6. The number of methoxy groups -OCH3 is 1. The molecule has 0 saturated carbocycles. The predicted octanol–water partition coefficient (Wildman–Crippen LogP) is 1.58. The van der Waals surface area contributed by atoms with Crippen LogP contribution in [0.2, 0.25) is 5.02 Å². The van der Waals surface area contributed by atoms with Gasteiger partial charge in [-0.05, 0) is 18.2 Å². The molecule has 1 aromatic carbocycles. The van der Waals surface area contributed by atoms with Gasteiger partial charge in [0.2, 0.25) is 10.0 Å². The van der Waals surface area contributed by atoms with Gasteiger partial charge in [-0.15, -0.1) is 0 Å². The Balaban J connectivity index is 3.06. The van der Waals surface area contributed by atoms with Crippen LogP contribution >= 0.6 is 11.6 Å². The minimum Gasteiger partial charge on any atom is -0.397 e. The Morgan fingerprint density at radius 1 is 1.44 bits per heavy atom. The second-order valence-electron chi connectivity index (χ2n) is 3.67. The highest BCUT2D eigenvalue weighted by molar-refractivity contribution is 7.89. The van der Waals surface area contributed by atoms with E-state index in [-0.39, 0.29) is 10.6 Å². The van der Waals surface area contributed by atoms with Gasteiger partial charge in [0.15, 0.2) is 0 Å². The number of benzene rings is 1. The Kier molecular flexibility index (Phi) is 5.40. The van der Waals surface area contributed by atoms with E-state index in [1.807, 2.05) is 0 Å². The van der Waals surface area contributed by atoms with Crippen molar-refractivity contribution in [3.05, 3.63) is 23.2 Å². The van der Waals surface area contributed by atoms with E-state index in [2.05, 4.69) is 0 Å². The van der Waals surface area contributed by atoms with Gasteiger partial charge in [-0.25, -0.2) is 8.42 Å². The van der Waals surface area contributed by atoms with Crippen LogP contribution in [0.1, 0.15) is 6.92 Å². The molecule has 0 spiro atoms.